The third kappa shape index (κ3) is 7.72. The maximum Gasteiger partial charge on any atom is 0.331 e. The lowest BCUT2D eigenvalue weighted by Crippen LogP contribution is -2.35. The Bertz CT molecular complexity index is 1270. The normalized spacial score (nSPS) is 12.1. The van der Waals surface area contributed by atoms with E-state index in [1.54, 1.807) is 36.4 Å². The van der Waals surface area contributed by atoms with Crippen molar-refractivity contribution in [1.82, 2.24) is 5.32 Å². The fourth-order valence-electron chi connectivity index (χ4n) is 2.99. The molecule has 0 aliphatic carbocycles. The number of methoxy groups -OCH3 is 1. The second kappa shape index (κ2) is 11.8. The first-order valence-corrected chi connectivity index (χ1v) is 12.2. The van der Waals surface area contributed by atoms with E-state index in [-0.39, 0.29) is 4.90 Å². The molecule has 3 aromatic rings. The van der Waals surface area contributed by atoms with Crippen LogP contribution in [-0.4, -0.2) is 33.5 Å². The molecule has 0 heterocycles. The highest BCUT2D eigenvalue weighted by molar-refractivity contribution is 7.92. The summed E-state index contributed by atoms with van der Waals surface area (Å²) in [6.07, 6.45) is 1.69. The van der Waals surface area contributed by atoms with Crippen molar-refractivity contribution < 1.29 is 27.5 Å². The van der Waals surface area contributed by atoms with E-state index in [4.69, 9.17) is 9.47 Å². The summed E-state index contributed by atoms with van der Waals surface area (Å²) in [7, 11) is -2.26. The summed E-state index contributed by atoms with van der Waals surface area (Å²) < 4.78 is 37.9. The fourth-order valence-corrected chi connectivity index (χ4v) is 4.05. The van der Waals surface area contributed by atoms with E-state index in [0.29, 0.717) is 23.5 Å². The van der Waals surface area contributed by atoms with Gasteiger partial charge in [-0.05, 0) is 60.5 Å². The summed E-state index contributed by atoms with van der Waals surface area (Å²) in [6.45, 7) is 1.82. The summed E-state index contributed by atoms with van der Waals surface area (Å²) in [5.74, 6) is -0.482. The minimum atomic E-state index is -3.78. The van der Waals surface area contributed by atoms with Gasteiger partial charge in [0.1, 0.15) is 5.75 Å². The van der Waals surface area contributed by atoms with Crippen LogP contribution in [0.3, 0.4) is 0 Å². The summed E-state index contributed by atoms with van der Waals surface area (Å²) in [5, 5.41) is 2.71. The fraction of sp³-hybridized carbons (Fsp3) is 0.154. The third-order valence-electron chi connectivity index (χ3n) is 4.92. The molecule has 0 aliphatic heterocycles. The summed E-state index contributed by atoms with van der Waals surface area (Å²) in [4.78, 5) is 24.3. The lowest BCUT2D eigenvalue weighted by molar-refractivity contribution is -0.150. The van der Waals surface area contributed by atoms with Gasteiger partial charge in [-0.25, -0.2) is 13.2 Å². The van der Waals surface area contributed by atoms with Crippen LogP contribution < -0.4 is 14.8 Å². The van der Waals surface area contributed by atoms with Gasteiger partial charge in [0.15, 0.2) is 6.10 Å². The molecule has 0 saturated carbocycles. The summed E-state index contributed by atoms with van der Waals surface area (Å²) >= 11 is 0. The van der Waals surface area contributed by atoms with Crippen molar-refractivity contribution in [2.45, 2.75) is 24.5 Å². The third-order valence-corrected chi connectivity index (χ3v) is 6.31. The van der Waals surface area contributed by atoms with Crippen molar-refractivity contribution in [2.75, 3.05) is 11.8 Å². The van der Waals surface area contributed by atoms with Gasteiger partial charge in [0.2, 0.25) is 0 Å². The largest absolute Gasteiger partial charge is 0.497 e. The second-order valence-electron chi connectivity index (χ2n) is 7.52. The molecule has 0 bridgehead atoms. The molecule has 1 amide bonds. The number of amides is 1. The number of hydrogen-bond donors (Lipinski definition) is 2. The Kier molecular flexibility index (Phi) is 8.63. The first kappa shape index (κ1) is 25.5. The Morgan fingerprint density at radius 2 is 1.60 bits per heavy atom. The molecule has 0 saturated heterocycles. The van der Waals surface area contributed by atoms with E-state index in [1.807, 2.05) is 30.3 Å². The smallest absolute Gasteiger partial charge is 0.331 e. The minimum Gasteiger partial charge on any atom is -0.497 e. The number of benzene rings is 3. The Morgan fingerprint density at radius 1 is 0.943 bits per heavy atom. The zero-order valence-corrected chi connectivity index (χ0v) is 20.1. The van der Waals surface area contributed by atoms with Crippen molar-refractivity contribution in [3.05, 3.63) is 96.1 Å². The number of rotatable bonds is 10. The highest BCUT2D eigenvalue weighted by Gasteiger charge is 2.16. The van der Waals surface area contributed by atoms with E-state index in [1.165, 1.54) is 38.3 Å². The van der Waals surface area contributed by atoms with Crippen LogP contribution in [-0.2, 0) is 30.9 Å². The molecule has 0 fully saturated rings. The van der Waals surface area contributed by atoms with Gasteiger partial charge in [0.05, 0.1) is 12.0 Å². The van der Waals surface area contributed by atoms with E-state index in [2.05, 4.69) is 10.0 Å². The van der Waals surface area contributed by atoms with Crippen LogP contribution in [0.25, 0.3) is 6.08 Å². The maximum absolute atomic E-state index is 12.6. The number of sulfonamides is 1. The number of nitrogens with one attached hydrogen (secondary N) is 2. The predicted molar refractivity (Wildman–Crippen MR) is 133 cm³/mol. The van der Waals surface area contributed by atoms with Gasteiger partial charge in [-0.15, -0.1) is 0 Å². The monoisotopic (exact) mass is 494 g/mol. The van der Waals surface area contributed by atoms with Crippen molar-refractivity contribution >= 4 is 33.7 Å². The van der Waals surface area contributed by atoms with Crippen LogP contribution in [0.4, 0.5) is 5.69 Å². The average molecular weight is 495 g/mol. The van der Waals surface area contributed by atoms with Crippen LogP contribution in [0.5, 0.6) is 5.75 Å². The van der Waals surface area contributed by atoms with Gasteiger partial charge in [-0.1, -0.05) is 42.5 Å². The second-order valence-corrected chi connectivity index (χ2v) is 9.20. The maximum atomic E-state index is 12.6. The van der Waals surface area contributed by atoms with Crippen LogP contribution in [0.15, 0.2) is 89.8 Å². The van der Waals surface area contributed by atoms with Gasteiger partial charge in [0.25, 0.3) is 15.9 Å². The Balaban J connectivity index is 1.52. The van der Waals surface area contributed by atoms with Crippen LogP contribution in [0.1, 0.15) is 18.1 Å². The SMILES string of the molecule is COc1ccc(NS(=O)(=O)c2ccc(/C=C/C(=O)O[C@H](C)C(=O)NCc3ccccc3)cc2)cc1. The number of esters is 1. The number of carbonyl (C=O) groups excluding carboxylic acids is 2. The summed E-state index contributed by atoms with van der Waals surface area (Å²) in [5.41, 5.74) is 1.93. The van der Waals surface area contributed by atoms with Gasteiger partial charge in [-0.3, -0.25) is 9.52 Å². The number of hydrogen-bond acceptors (Lipinski definition) is 6. The molecule has 9 heteroatoms. The first-order valence-electron chi connectivity index (χ1n) is 10.7. The molecule has 3 rings (SSSR count). The molecular weight excluding hydrogens is 468 g/mol. The van der Waals surface area contributed by atoms with E-state index < -0.39 is 28.0 Å². The molecule has 0 unspecified atom stereocenters. The first-order chi connectivity index (χ1) is 16.8. The van der Waals surface area contributed by atoms with Gasteiger partial charge < -0.3 is 14.8 Å². The molecule has 0 aliphatic rings. The molecule has 0 aromatic heterocycles. The van der Waals surface area contributed by atoms with Crippen LogP contribution in [0.2, 0.25) is 0 Å². The van der Waals surface area contributed by atoms with Gasteiger partial charge in [0, 0.05) is 18.3 Å². The highest BCUT2D eigenvalue weighted by atomic mass is 32.2. The zero-order valence-electron chi connectivity index (χ0n) is 19.3. The molecule has 0 radical (unpaired) electrons. The number of anilines is 1. The van der Waals surface area contributed by atoms with Crippen molar-refractivity contribution in [3.63, 3.8) is 0 Å². The highest BCUT2D eigenvalue weighted by Crippen LogP contribution is 2.20. The molecule has 0 spiro atoms. The zero-order chi connectivity index (χ0) is 25.3. The van der Waals surface area contributed by atoms with Crippen molar-refractivity contribution in [2.24, 2.45) is 0 Å². The number of ether oxygens (including phenoxy) is 2. The van der Waals surface area contributed by atoms with Crippen LogP contribution >= 0.6 is 0 Å². The molecule has 2 N–H and O–H groups in total. The Morgan fingerprint density at radius 3 is 2.23 bits per heavy atom. The van der Waals surface area contributed by atoms with Gasteiger partial charge in [-0.2, -0.15) is 0 Å². The lowest BCUT2D eigenvalue weighted by atomic mass is 10.2. The van der Waals surface area contributed by atoms with E-state index >= 15 is 0 Å². The lowest BCUT2D eigenvalue weighted by Gasteiger charge is -2.12. The number of carbonyl (C=O) groups is 2. The summed E-state index contributed by atoms with van der Waals surface area (Å²) in [6, 6.07) is 21.9. The van der Waals surface area contributed by atoms with Crippen LogP contribution in [0, 0.1) is 0 Å². The van der Waals surface area contributed by atoms with E-state index in [0.717, 1.165) is 5.56 Å². The molecule has 8 nitrogen and oxygen atoms in total. The topological polar surface area (TPSA) is 111 Å². The minimum absolute atomic E-state index is 0.0664. The quantitative estimate of drug-likeness (QED) is 0.328. The predicted octanol–water partition coefficient (Wildman–Crippen LogP) is 3.76. The molecule has 182 valence electrons. The molecule has 3 aromatic carbocycles. The van der Waals surface area contributed by atoms with Crippen molar-refractivity contribution in [3.8, 4) is 5.75 Å². The van der Waals surface area contributed by atoms with Gasteiger partial charge >= 0.3 is 5.97 Å². The standard InChI is InChI=1S/C26H26N2O6S/c1-19(26(30)27-18-21-6-4-3-5-7-21)34-25(29)17-10-20-8-15-24(16-9-20)35(31,32)28-22-11-13-23(33-2)14-12-22/h3-17,19,28H,18H2,1-2H3,(H,27,30)/b17-10+/t19-/m1/s1. The molecule has 1 atom stereocenters. The Labute approximate surface area is 204 Å². The molecular formula is C26H26N2O6S. The Hall–Kier alpha value is -4.11. The average Bonchev–Trinajstić information content (AvgIpc) is 2.87. The molecule has 35 heavy (non-hydrogen) atoms. The van der Waals surface area contributed by atoms with Crippen molar-refractivity contribution in [1.29, 1.82) is 0 Å². The van der Waals surface area contributed by atoms with E-state index in [9.17, 15) is 18.0 Å².